The average Bonchev–Trinajstić information content (AvgIpc) is 3.51. The molecule has 6 heteroatoms. The van der Waals surface area contributed by atoms with E-state index in [-0.39, 0.29) is 18.5 Å². The Morgan fingerprint density at radius 2 is 0.553 bits per heavy atom. The van der Waals surface area contributed by atoms with Gasteiger partial charge in [-0.1, -0.05) is 405 Å². The van der Waals surface area contributed by atoms with Gasteiger partial charge < -0.3 is 20.3 Å². The second kappa shape index (κ2) is 75.1. The van der Waals surface area contributed by atoms with E-state index in [9.17, 15) is 19.8 Å². The monoisotopic (exact) mass is 1200 g/mol. The lowest BCUT2D eigenvalue weighted by Gasteiger charge is -2.22. The van der Waals surface area contributed by atoms with E-state index in [0.717, 1.165) is 38.5 Å². The lowest BCUT2D eigenvalue weighted by molar-refractivity contribution is -0.143. The van der Waals surface area contributed by atoms with Crippen molar-refractivity contribution in [2.45, 2.75) is 469 Å². The van der Waals surface area contributed by atoms with E-state index < -0.39 is 12.1 Å². The van der Waals surface area contributed by atoms with Crippen molar-refractivity contribution in [2.24, 2.45) is 0 Å². The van der Waals surface area contributed by atoms with Crippen LogP contribution in [0.15, 0.2) is 12.2 Å². The smallest absolute Gasteiger partial charge is 0.305 e. The van der Waals surface area contributed by atoms with E-state index in [1.807, 2.05) is 0 Å². The van der Waals surface area contributed by atoms with Gasteiger partial charge in [-0.2, -0.15) is 0 Å². The second-order valence-electron chi connectivity index (χ2n) is 27.4. The molecule has 0 aromatic rings. The predicted molar refractivity (Wildman–Crippen MR) is 375 cm³/mol. The minimum Gasteiger partial charge on any atom is -0.466 e. The summed E-state index contributed by atoms with van der Waals surface area (Å²) in [6.45, 7) is 4.99. The molecule has 506 valence electrons. The molecule has 2 atom stereocenters. The highest BCUT2D eigenvalue weighted by molar-refractivity contribution is 5.76. The molecule has 0 saturated carbocycles. The number of ether oxygens (including phenoxy) is 1. The third-order valence-electron chi connectivity index (χ3n) is 18.8. The molecule has 85 heavy (non-hydrogen) atoms. The molecule has 0 aromatic heterocycles. The number of hydrogen-bond donors (Lipinski definition) is 3. The van der Waals surface area contributed by atoms with Crippen molar-refractivity contribution >= 4 is 11.9 Å². The normalized spacial score (nSPS) is 12.5. The third kappa shape index (κ3) is 71.6. The minimum absolute atomic E-state index is 0.0284. The van der Waals surface area contributed by atoms with Crippen molar-refractivity contribution in [1.29, 1.82) is 0 Å². The van der Waals surface area contributed by atoms with Crippen molar-refractivity contribution < 1.29 is 24.5 Å². The van der Waals surface area contributed by atoms with Crippen molar-refractivity contribution in [3.05, 3.63) is 12.2 Å². The van der Waals surface area contributed by atoms with Crippen LogP contribution in [0.2, 0.25) is 0 Å². The van der Waals surface area contributed by atoms with Gasteiger partial charge in [-0.05, 0) is 51.4 Å². The zero-order valence-electron chi connectivity index (χ0n) is 58.1. The summed E-state index contributed by atoms with van der Waals surface area (Å²) in [5.41, 5.74) is 0. The van der Waals surface area contributed by atoms with Gasteiger partial charge in [0, 0.05) is 12.8 Å². The molecule has 0 fully saturated rings. The van der Waals surface area contributed by atoms with Crippen LogP contribution in [0, 0.1) is 0 Å². The van der Waals surface area contributed by atoms with Gasteiger partial charge in [-0.25, -0.2) is 0 Å². The number of unbranched alkanes of at least 4 members (excludes halogenated alkanes) is 62. The summed E-state index contributed by atoms with van der Waals surface area (Å²) in [5.74, 6) is -0.00132. The average molecular weight is 1200 g/mol. The number of carbonyl (C=O) groups excluding carboxylic acids is 2. The van der Waals surface area contributed by atoms with Crippen LogP contribution in [0.25, 0.3) is 0 Å². The van der Waals surface area contributed by atoms with Crippen molar-refractivity contribution in [2.75, 3.05) is 13.2 Å². The lowest BCUT2D eigenvalue weighted by Crippen LogP contribution is -2.45. The molecule has 0 aromatic carbocycles. The molecular formula is C79H155NO5. The number of aliphatic hydroxyl groups excluding tert-OH is 2. The summed E-state index contributed by atoms with van der Waals surface area (Å²) in [6, 6.07) is -0.536. The number of aliphatic hydroxyl groups is 2. The zero-order valence-corrected chi connectivity index (χ0v) is 58.1. The first-order chi connectivity index (χ1) is 42.0. The van der Waals surface area contributed by atoms with Crippen molar-refractivity contribution in [3.8, 4) is 0 Å². The molecule has 0 radical (unpaired) electrons. The Labute approximate surface area is 533 Å². The number of amides is 1. The van der Waals surface area contributed by atoms with Gasteiger partial charge in [-0.3, -0.25) is 9.59 Å². The second-order valence-corrected chi connectivity index (χ2v) is 27.4. The summed E-state index contributed by atoms with van der Waals surface area (Å²) < 4.78 is 5.52. The molecule has 0 bridgehead atoms. The van der Waals surface area contributed by atoms with Crippen LogP contribution in [0.1, 0.15) is 457 Å². The molecule has 0 aliphatic heterocycles. The predicted octanol–water partition coefficient (Wildman–Crippen LogP) is 25.9. The first-order valence-corrected chi connectivity index (χ1v) is 39.4. The number of nitrogens with one attached hydrogen (secondary N) is 1. The highest BCUT2D eigenvalue weighted by Crippen LogP contribution is 2.20. The van der Waals surface area contributed by atoms with E-state index in [4.69, 9.17) is 4.74 Å². The van der Waals surface area contributed by atoms with Gasteiger partial charge in [-0.15, -0.1) is 0 Å². The number of carbonyl (C=O) groups is 2. The largest absolute Gasteiger partial charge is 0.466 e. The van der Waals surface area contributed by atoms with Crippen LogP contribution in [0.5, 0.6) is 0 Å². The summed E-state index contributed by atoms with van der Waals surface area (Å²) in [7, 11) is 0. The van der Waals surface area contributed by atoms with Gasteiger partial charge in [0.2, 0.25) is 5.91 Å². The highest BCUT2D eigenvalue weighted by atomic mass is 16.5. The van der Waals surface area contributed by atoms with E-state index in [2.05, 4.69) is 31.3 Å². The Balaban J connectivity index is 3.27. The van der Waals surface area contributed by atoms with Gasteiger partial charge in [0.15, 0.2) is 0 Å². The number of hydrogen-bond acceptors (Lipinski definition) is 5. The standard InChI is InChI=1S/C79H155NO5/c1-3-5-7-9-11-13-15-16-17-18-40-44-47-50-53-57-61-65-69-73-79(84)85-74-70-66-62-58-54-51-48-45-42-39-37-35-33-31-29-27-25-23-21-19-20-22-24-26-28-30-32-34-36-38-41-43-46-49-52-56-60-64-68-72-78(83)80-76(75-81)77(82)71-67-63-59-55-14-12-10-8-6-4-2/h19-20,76-77,81-82H,3-18,21-75H2,1-2H3,(H,80,83)/b20-19-. The van der Waals surface area contributed by atoms with Crippen LogP contribution >= 0.6 is 0 Å². The molecule has 0 heterocycles. The maximum atomic E-state index is 12.5. The summed E-state index contributed by atoms with van der Waals surface area (Å²) >= 11 is 0. The quantitative estimate of drug-likeness (QED) is 0.0320. The highest BCUT2D eigenvalue weighted by Gasteiger charge is 2.20. The first kappa shape index (κ1) is 83.6. The van der Waals surface area contributed by atoms with E-state index in [1.54, 1.807) is 0 Å². The van der Waals surface area contributed by atoms with Gasteiger partial charge in [0.1, 0.15) is 0 Å². The van der Waals surface area contributed by atoms with Crippen LogP contribution < -0.4 is 5.32 Å². The Morgan fingerprint density at radius 3 is 0.835 bits per heavy atom. The fraction of sp³-hybridized carbons (Fsp3) is 0.949. The van der Waals surface area contributed by atoms with Crippen LogP contribution in [0.4, 0.5) is 0 Å². The summed E-state index contributed by atoms with van der Waals surface area (Å²) in [5, 5.41) is 23.2. The first-order valence-electron chi connectivity index (χ1n) is 39.4. The Morgan fingerprint density at radius 1 is 0.318 bits per heavy atom. The topological polar surface area (TPSA) is 95.9 Å². The third-order valence-corrected chi connectivity index (χ3v) is 18.8. The van der Waals surface area contributed by atoms with Crippen molar-refractivity contribution in [3.63, 3.8) is 0 Å². The molecule has 3 N–H and O–H groups in total. The Kier molecular flexibility index (Phi) is 73.8. The number of esters is 1. The maximum Gasteiger partial charge on any atom is 0.305 e. The summed E-state index contributed by atoms with van der Waals surface area (Å²) in [6.07, 6.45) is 94.7. The number of rotatable bonds is 75. The lowest BCUT2D eigenvalue weighted by atomic mass is 10.0. The molecule has 6 nitrogen and oxygen atoms in total. The van der Waals surface area contributed by atoms with Crippen LogP contribution in [0.3, 0.4) is 0 Å². The molecular weight excluding hydrogens is 1040 g/mol. The van der Waals surface area contributed by atoms with E-state index in [1.165, 1.54) is 385 Å². The molecule has 0 aliphatic carbocycles. The molecule has 0 spiro atoms. The molecule has 0 aliphatic rings. The molecule has 2 unspecified atom stereocenters. The fourth-order valence-corrected chi connectivity index (χ4v) is 12.8. The van der Waals surface area contributed by atoms with Gasteiger partial charge in [0.25, 0.3) is 0 Å². The van der Waals surface area contributed by atoms with E-state index in [0.29, 0.717) is 25.9 Å². The molecule has 0 rings (SSSR count). The Hall–Kier alpha value is -1.40. The number of allylic oxidation sites excluding steroid dienone is 2. The van der Waals surface area contributed by atoms with Crippen molar-refractivity contribution in [1.82, 2.24) is 5.32 Å². The van der Waals surface area contributed by atoms with Crippen LogP contribution in [-0.2, 0) is 14.3 Å². The molecule has 1 amide bonds. The van der Waals surface area contributed by atoms with Gasteiger partial charge in [0.05, 0.1) is 25.4 Å². The Bertz CT molecular complexity index is 1290. The van der Waals surface area contributed by atoms with Gasteiger partial charge >= 0.3 is 5.97 Å². The van der Waals surface area contributed by atoms with E-state index >= 15 is 0 Å². The molecule has 0 saturated heterocycles. The zero-order chi connectivity index (χ0) is 61.3. The SMILES string of the molecule is CCCCCCCCCCCCCCCCCCCCCC(=O)OCCCCCCCCCCCCCCCCCCCC/C=C\CCCCCCCCCCCCCCCCCCCC(=O)NC(CO)C(O)CCCCCCCCCCCC. The summed E-state index contributed by atoms with van der Waals surface area (Å²) in [4.78, 5) is 24.6. The maximum absolute atomic E-state index is 12.5. The fourth-order valence-electron chi connectivity index (χ4n) is 12.8. The minimum atomic E-state index is -0.658. The van der Waals surface area contributed by atoms with Crippen LogP contribution in [-0.4, -0.2) is 47.4 Å².